The summed E-state index contributed by atoms with van der Waals surface area (Å²) < 4.78 is 58.9. The topological polar surface area (TPSA) is 122 Å². The molecule has 5 aromatic carbocycles. The van der Waals surface area contributed by atoms with E-state index in [1.165, 1.54) is 22.5 Å². The first-order chi connectivity index (χ1) is 33.9. The molecule has 15 heteroatoms. The highest BCUT2D eigenvalue weighted by Gasteiger charge is 2.37. The predicted octanol–water partition coefficient (Wildman–Crippen LogP) is 11.0. The summed E-state index contributed by atoms with van der Waals surface area (Å²) in [4.78, 5) is 12.3. The molecular weight excluding hydrogens is 954 g/mol. The number of aromatic amines is 1. The number of hydrogen-bond donors (Lipinski definition) is 2. The number of sulfonamides is 2. The Morgan fingerprint density at radius 3 is 1.89 bits per heavy atom. The Morgan fingerprint density at radius 2 is 1.33 bits per heavy atom. The molecule has 0 spiro atoms. The molecule has 0 radical (unpaired) electrons. The molecule has 0 fully saturated rings. The maximum Gasteiger partial charge on any atom is 0.252 e. The molecule has 11 nitrogen and oxygen atoms in total. The fourth-order valence-corrected chi connectivity index (χ4v) is 13.8. The molecule has 0 aliphatic carbocycles. The molecule has 0 bridgehead atoms. The molecule has 7 aromatic rings. The third-order valence-electron chi connectivity index (χ3n) is 13.0. The Hall–Kier alpha value is -6.00. The normalized spacial score (nSPS) is 16.8. The van der Waals surface area contributed by atoms with E-state index in [1.807, 2.05) is 104 Å². The lowest BCUT2D eigenvalue weighted by molar-refractivity contribution is 0.371. The fraction of sp³-hybridized carbons (Fsp3) is 0.255. The minimum Gasteiger partial charge on any atom is -0.364 e. The van der Waals surface area contributed by atoms with Gasteiger partial charge in [0.05, 0.1) is 30.0 Å². The van der Waals surface area contributed by atoms with Gasteiger partial charge in [0.1, 0.15) is 4.21 Å². The third-order valence-corrected chi connectivity index (χ3v) is 18.3. The lowest BCUT2D eigenvalue weighted by Crippen LogP contribution is -2.45. The number of hydrogen-bond acceptors (Lipinski definition) is 9. The van der Waals surface area contributed by atoms with Gasteiger partial charge < -0.3 is 20.1 Å². The summed E-state index contributed by atoms with van der Waals surface area (Å²) in [6, 6.07) is 45.4. The molecule has 9 rings (SSSR count). The number of para-hydroxylation sites is 2. The number of benzene rings is 5. The lowest BCUT2D eigenvalue weighted by Gasteiger charge is -2.35. The number of anilines is 2. The van der Waals surface area contributed by atoms with Gasteiger partial charge in [-0.1, -0.05) is 133 Å². The number of halogens is 1. The number of rotatable bonds is 16. The molecule has 2 aliphatic heterocycles. The Bertz CT molecular complexity index is 3060. The van der Waals surface area contributed by atoms with Gasteiger partial charge in [0, 0.05) is 66.6 Å². The molecule has 2 unspecified atom stereocenters. The van der Waals surface area contributed by atoms with Crippen molar-refractivity contribution in [3.63, 3.8) is 0 Å². The van der Waals surface area contributed by atoms with Crippen molar-refractivity contribution in [1.82, 2.24) is 23.9 Å². The molecule has 2 aromatic heterocycles. The monoisotopic (exact) mass is 1010 g/mol. The van der Waals surface area contributed by atoms with E-state index in [0.29, 0.717) is 54.1 Å². The Labute approximate surface area is 422 Å². The number of nitrogens with one attached hydrogen (secondary N) is 2. The summed E-state index contributed by atoms with van der Waals surface area (Å²) in [7, 11) is -7.37. The quantitative estimate of drug-likeness (QED) is 0.0982. The number of allylic oxidation sites excluding steroid dienone is 1. The van der Waals surface area contributed by atoms with E-state index in [1.54, 1.807) is 51.5 Å². The zero-order valence-corrected chi connectivity index (χ0v) is 42.8. The molecule has 364 valence electrons. The van der Waals surface area contributed by atoms with E-state index in [9.17, 15) is 16.8 Å². The number of imidazole rings is 1. The number of thiophene rings is 1. The van der Waals surface area contributed by atoms with Gasteiger partial charge in [-0.3, -0.25) is 0 Å². The fourth-order valence-electron chi connectivity index (χ4n) is 9.28. The van der Waals surface area contributed by atoms with Crippen LogP contribution >= 0.6 is 22.9 Å². The molecule has 4 heterocycles. The SMILES string of the molecule is C=CN/C(=C\C)CN1c2ccccc2CN(S(=O)(=O)c2cc(Cl)ccc2C)CC1CCc1ccccc1.O=S(=O)(c1cccs1)N1Cc2ccccc2N(Cc2cnc[nH]2)C(CCc2ccccc2)C1. The minimum absolute atomic E-state index is 0.00638. The summed E-state index contributed by atoms with van der Waals surface area (Å²) in [5, 5.41) is 5.47. The Balaban J connectivity index is 0.000000189. The second-order valence-electron chi connectivity index (χ2n) is 17.5. The predicted molar refractivity (Wildman–Crippen MR) is 285 cm³/mol. The zero-order chi connectivity index (χ0) is 49.1. The number of aromatic nitrogens is 2. The average Bonchev–Trinajstić information content (AvgIpc) is 4.07. The Kier molecular flexibility index (Phi) is 16.8. The van der Waals surface area contributed by atoms with Gasteiger partial charge in [-0.15, -0.1) is 11.3 Å². The lowest BCUT2D eigenvalue weighted by atomic mass is 10.0. The summed E-state index contributed by atoms with van der Waals surface area (Å²) in [5.74, 6) is 0. The van der Waals surface area contributed by atoms with Crippen LogP contribution < -0.4 is 15.1 Å². The van der Waals surface area contributed by atoms with E-state index in [0.717, 1.165) is 59.6 Å². The maximum atomic E-state index is 14.0. The summed E-state index contributed by atoms with van der Waals surface area (Å²) in [6.07, 6.45) is 10.6. The average molecular weight is 1010 g/mol. The van der Waals surface area contributed by atoms with Crippen molar-refractivity contribution in [2.24, 2.45) is 0 Å². The first kappa shape index (κ1) is 50.4. The van der Waals surface area contributed by atoms with Crippen molar-refractivity contribution >= 4 is 54.4 Å². The molecule has 70 heavy (non-hydrogen) atoms. The van der Waals surface area contributed by atoms with E-state index >= 15 is 0 Å². The summed E-state index contributed by atoms with van der Waals surface area (Å²) in [5.41, 5.74) is 9.30. The van der Waals surface area contributed by atoms with Crippen LogP contribution in [0, 0.1) is 6.92 Å². The highest BCUT2D eigenvalue weighted by Crippen LogP contribution is 2.36. The van der Waals surface area contributed by atoms with Crippen molar-refractivity contribution in [3.8, 4) is 0 Å². The van der Waals surface area contributed by atoms with Crippen molar-refractivity contribution in [3.05, 3.63) is 221 Å². The Morgan fingerprint density at radius 1 is 0.757 bits per heavy atom. The number of nitrogens with zero attached hydrogens (tertiary/aromatic N) is 5. The van der Waals surface area contributed by atoms with E-state index in [2.05, 4.69) is 68.1 Å². The molecular formula is C55H60ClN7O4S3. The van der Waals surface area contributed by atoms with Crippen LogP contribution in [0.3, 0.4) is 0 Å². The van der Waals surface area contributed by atoms with Crippen LogP contribution in [0.15, 0.2) is 191 Å². The van der Waals surface area contributed by atoms with Gasteiger partial charge in [0.2, 0.25) is 10.0 Å². The minimum atomic E-state index is -3.79. The smallest absolute Gasteiger partial charge is 0.252 e. The second-order valence-corrected chi connectivity index (χ2v) is 23.0. The van der Waals surface area contributed by atoms with Gasteiger partial charge >= 0.3 is 0 Å². The first-order valence-electron chi connectivity index (χ1n) is 23.5. The van der Waals surface area contributed by atoms with Crippen molar-refractivity contribution in [1.29, 1.82) is 0 Å². The highest BCUT2D eigenvalue weighted by molar-refractivity contribution is 7.91. The third kappa shape index (κ3) is 12.1. The van der Waals surface area contributed by atoms with Crippen molar-refractivity contribution in [2.45, 2.75) is 80.4 Å². The largest absolute Gasteiger partial charge is 0.364 e. The van der Waals surface area contributed by atoms with Gasteiger partial charge in [-0.2, -0.15) is 8.61 Å². The van der Waals surface area contributed by atoms with Gasteiger partial charge in [0.25, 0.3) is 10.0 Å². The second kappa shape index (κ2) is 23.3. The molecule has 2 aliphatic rings. The van der Waals surface area contributed by atoms with Crippen LogP contribution in [-0.4, -0.2) is 67.1 Å². The van der Waals surface area contributed by atoms with E-state index < -0.39 is 20.0 Å². The molecule has 0 amide bonds. The first-order valence-corrected chi connectivity index (χ1v) is 27.6. The standard InChI is InChI=1S/C30H34ClN3O2S.C25H26N4O2S2/c1-4-27(32-5-2)21-34-28(18-16-24-11-7-6-8-12-24)22-33(20-25-13-9-10-14-29(25)34)37(35,36)30-19-26(31)17-15-23(30)3;30-33(31,25-11-6-14-32-25)28-16-21-9-4-5-10-24(21)29(17-22-15-26-19-27-22)23(18-28)13-12-20-7-2-1-3-8-20/h4-15,17,19,28,32H,2,16,18,20-22H2,1,3H3;1-11,14-15,19,23H,12-13,16-18H2,(H,26,27)/b27-4-;. The van der Waals surface area contributed by atoms with E-state index in [-0.39, 0.29) is 17.0 Å². The molecule has 0 saturated heterocycles. The maximum absolute atomic E-state index is 14.0. The van der Waals surface area contributed by atoms with Gasteiger partial charge in [0.15, 0.2) is 0 Å². The van der Waals surface area contributed by atoms with Crippen LogP contribution in [0.1, 0.15) is 53.3 Å². The van der Waals surface area contributed by atoms with Gasteiger partial charge in [-0.05, 0) is 109 Å². The number of H-pyrrole nitrogens is 1. The van der Waals surface area contributed by atoms with Crippen LogP contribution in [-0.2, 0) is 52.5 Å². The molecule has 2 N–H and O–H groups in total. The van der Waals surface area contributed by atoms with Gasteiger partial charge in [-0.25, -0.2) is 21.8 Å². The highest BCUT2D eigenvalue weighted by atomic mass is 35.5. The summed E-state index contributed by atoms with van der Waals surface area (Å²) >= 11 is 7.51. The van der Waals surface area contributed by atoms with Crippen LogP contribution in [0.4, 0.5) is 11.4 Å². The zero-order valence-electron chi connectivity index (χ0n) is 39.6. The van der Waals surface area contributed by atoms with E-state index in [4.69, 9.17) is 11.6 Å². The van der Waals surface area contributed by atoms with Crippen molar-refractivity contribution in [2.75, 3.05) is 29.4 Å². The summed E-state index contributed by atoms with van der Waals surface area (Å²) in [6.45, 7) is 10.3. The van der Waals surface area contributed by atoms with Crippen LogP contribution in [0.2, 0.25) is 5.02 Å². The van der Waals surface area contributed by atoms with Crippen LogP contribution in [0.5, 0.6) is 0 Å². The van der Waals surface area contributed by atoms with Crippen LogP contribution in [0.25, 0.3) is 0 Å². The van der Waals surface area contributed by atoms with Crippen molar-refractivity contribution < 1.29 is 16.8 Å². The molecule has 2 atom stereocenters. The molecule has 0 saturated carbocycles. The number of fused-ring (bicyclic) bond motifs is 2. The number of aryl methyl sites for hydroxylation is 3.